The first kappa shape index (κ1) is 17.0. The highest BCUT2D eigenvalue weighted by atomic mass is 16.3. The zero-order valence-corrected chi connectivity index (χ0v) is 13.3. The van der Waals surface area contributed by atoms with Gasteiger partial charge in [0, 0.05) is 0 Å². The Morgan fingerprint density at radius 1 is 0.684 bits per heavy atom. The second kappa shape index (κ2) is 10.7. The van der Waals surface area contributed by atoms with Gasteiger partial charge in [0.2, 0.25) is 0 Å². The molecule has 1 aliphatic carbocycles. The van der Waals surface area contributed by atoms with Crippen molar-refractivity contribution in [2.75, 3.05) is 0 Å². The molecule has 0 saturated heterocycles. The van der Waals surface area contributed by atoms with E-state index in [1.165, 1.54) is 83.5 Å². The van der Waals surface area contributed by atoms with E-state index in [0.717, 1.165) is 19.3 Å². The van der Waals surface area contributed by atoms with Gasteiger partial charge in [0.15, 0.2) is 0 Å². The lowest BCUT2D eigenvalue weighted by Gasteiger charge is -2.30. The first-order chi connectivity index (χ1) is 9.27. The molecule has 0 spiro atoms. The summed E-state index contributed by atoms with van der Waals surface area (Å²) < 4.78 is 0. The van der Waals surface area contributed by atoms with Crippen molar-refractivity contribution >= 4 is 0 Å². The number of rotatable bonds is 9. The van der Waals surface area contributed by atoms with Crippen LogP contribution in [0.5, 0.6) is 0 Å². The van der Waals surface area contributed by atoms with Crippen LogP contribution in [0.25, 0.3) is 0 Å². The monoisotopic (exact) mass is 268 g/mol. The van der Waals surface area contributed by atoms with Crippen molar-refractivity contribution in [2.45, 2.75) is 115 Å². The second-order valence-electron chi connectivity index (χ2n) is 6.72. The summed E-state index contributed by atoms with van der Waals surface area (Å²) in [7, 11) is 0. The van der Waals surface area contributed by atoms with Crippen molar-refractivity contribution in [3.05, 3.63) is 0 Å². The summed E-state index contributed by atoms with van der Waals surface area (Å²) in [5.41, 5.74) is -0.303. The van der Waals surface area contributed by atoms with Crippen molar-refractivity contribution in [3.63, 3.8) is 0 Å². The highest BCUT2D eigenvalue weighted by molar-refractivity contribution is 4.79. The van der Waals surface area contributed by atoms with Crippen LogP contribution in [0.4, 0.5) is 0 Å². The van der Waals surface area contributed by atoms with Gasteiger partial charge < -0.3 is 5.11 Å². The fourth-order valence-electron chi connectivity index (χ4n) is 3.40. The lowest BCUT2D eigenvalue weighted by Crippen LogP contribution is -2.29. The SMILES string of the molecule is CCCCCCCCCCC1(O)CCCCCCC1. The first-order valence-electron chi connectivity index (χ1n) is 8.99. The molecule has 0 radical (unpaired) electrons. The van der Waals surface area contributed by atoms with Crippen molar-refractivity contribution < 1.29 is 5.11 Å². The topological polar surface area (TPSA) is 20.2 Å². The van der Waals surface area contributed by atoms with Gasteiger partial charge in [-0.15, -0.1) is 0 Å². The Balaban J connectivity index is 2.00. The van der Waals surface area contributed by atoms with Crippen molar-refractivity contribution in [2.24, 2.45) is 0 Å². The zero-order chi connectivity index (χ0) is 13.8. The normalized spacial score (nSPS) is 19.9. The number of hydrogen-bond donors (Lipinski definition) is 1. The summed E-state index contributed by atoms with van der Waals surface area (Å²) in [6.07, 6.45) is 20.6. The molecule has 19 heavy (non-hydrogen) atoms. The molecule has 0 unspecified atom stereocenters. The third kappa shape index (κ3) is 8.68. The van der Waals surface area contributed by atoms with Crippen molar-refractivity contribution in [3.8, 4) is 0 Å². The molecule has 1 saturated carbocycles. The second-order valence-corrected chi connectivity index (χ2v) is 6.72. The van der Waals surface area contributed by atoms with Gasteiger partial charge in [-0.3, -0.25) is 0 Å². The molecule has 0 bridgehead atoms. The summed E-state index contributed by atoms with van der Waals surface area (Å²) in [6.45, 7) is 2.27. The minimum absolute atomic E-state index is 0.303. The average Bonchev–Trinajstić information content (AvgIpc) is 2.38. The van der Waals surface area contributed by atoms with Crippen LogP contribution in [-0.2, 0) is 0 Å². The largest absolute Gasteiger partial charge is 0.390 e. The zero-order valence-electron chi connectivity index (χ0n) is 13.3. The molecule has 0 aromatic heterocycles. The summed E-state index contributed by atoms with van der Waals surface area (Å²) in [5, 5.41) is 10.6. The maximum atomic E-state index is 10.6. The molecule has 0 heterocycles. The standard InChI is InChI=1S/C18H36O/c1-2-3-4-5-6-7-9-12-15-18(19)16-13-10-8-11-14-17-18/h19H,2-17H2,1H3. The van der Waals surface area contributed by atoms with E-state index in [2.05, 4.69) is 6.92 Å². The first-order valence-corrected chi connectivity index (χ1v) is 8.99. The van der Waals surface area contributed by atoms with Gasteiger partial charge in [-0.05, 0) is 19.3 Å². The van der Waals surface area contributed by atoms with Crippen LogP contribution in [-0.4, -0.2) is 10.7 Å². The number of aliphatic hydroxyl groups is 1. The Labute approximate surface area is 121 Å². The lowest BCUT2D eigenvalue weighted by molar-refractivity contribution is 0.00371. The molecule has 0 amide bonds. The predicted octanol–water partition coefficient (Wildman–Crippen LogP) is 5.99. The average molecular weight is 268 g/mol. The van der Waals surface area contributed by atoms with Gasteiger partial charge in [-0.25, -0.2) is 0 Å². The van der Waals surface area contributed by atoms with Crippen LogP contribution in [0.2, 0.25) is 0 Å². The van der Waals surface area contributed by atoms with Gasteiger partial charge >= 0.3 is 0 Å². The molecule has 0 aliphatic heterocycles. The van der Waals surface area contributed by atoms with E-state index >= 15 is 0 Å². The Morgan fingerprint density at radius 3 is 1.74 bits per heavy atom. The molecule has 1 N–H and O–H groups in total. The van der Waals surface area contributed by atoms with Gasteiger partial charge in [-0.1, -0.05) is 90.4 Å². The van der Waals surface area contributed by atoms with Crippen LogP contribution in [0, 0.1) is 0 Å². The van der Waals surface area contributed by atoms with Crippen LogP contribution >= 0.6 is 0 Å². The minimum Gasteiger partial charge on any atom is -0.390 e. The lowest BCUT2D eigenvalue weighted by atomic mass is 9.83. The molecule has 0 aromatic carbocycles. The van der Waals surface area contributed by atoms with Gasteiger partial charge in [-0.2, -0.15) is 0 Å². The Morgan fingerprint density at radius 2 is 1.16 bits per heavy atom. The fourth-order valence-corrected chi connectivity index (χ4v) is 3.40. The van der Waals surface area contributed by atoms with E-state index in [1.807, 2.05) is 0 Å². The van der Waals surface area contributed by atoms with Crippen molar-refractivity contribution in [1.29, 1.82) is 0 Å². The molecule has 1 aliphatic rings. The summed E-state index contributed by atoms with van der Waals surface area (Å²) in [4.78, 5) is 0. The Hall–Kier alpha value is -0.0400. The van der Waals surface area contributed by atoms with E-state index in [4.69, 9.17) is 0 Å². The molecule has 1 fully saturated rings. The van der Waals surface area contributed by atoms with E-state index < -0.39 is 0 Å². The van der Waals surface area contributed by atoms with Gasteiger partial charge in [0.05, 0.1) is 5.60 Å². The van der Waals surface area contributed by atoms with Crippen LogP contribution in [0.3, 0.4) is 0 Å². The third-order valence-electron chi connectivity index (χ3n) is 4.78. The fraction of sp³-hybridized carbons (Fsp3) is 1.00. The van der Waals surface area contributed by atoms with Gasteiger partial charge in [0.1, 0.15) is 0 Å². The van der Waals surface area contributed by atoms with Gasteiger partial charge in [0.25, 0.3) is 0 Å². The van der Waals surface area contributed by atoms with Crippen molar-refractivity contribution in [1.82, 2.24) is 0 Å². The van der Waals surface area contributed by atoms with Crippen LogP contribution in [0.15, 0.2) is 0 Å². The Bertz CT molecular complexity index is 192. The summed E-state index contributed by atoms with van der Waals surface area (Å²) in [6, 6.07) is 0. The Kier molecular flexibility index (Phi) is 9.59. The minimum atomic E-state index is -0.303. The molecule has 1 heteroatoms. The molecular weight excluding hydrogens is 232 g/mol. The molecule has 1 rings (SSSR count). The molecular formula is C18H36O. The van der Waals surface area contributed by atoms with E-state index in [9.17, 15) is 5.11 Å². The maximum Gasteiger partial charge on any atom is 0.0647 e. The number of hydrogen-bond acceptors (Lipinski definition) is 1. The molecule has 0 aromatic rings. The molecule has 0 atom stereocenters. The molecule has 1 nitrogen and oxygen atoms in total. The van der Waals surface area contributed by atoms with Crippen LogP contribution in [0.1, 0.15) is 110 Å². The van der Waals surface area contributed by atoms with E-state index in [0.29, 0.717) is 0 Å². The maximum absolute atomic E-state index is 10.6. The van der Waals surface area contributed by atoms with Crippen LogP contribution < -0.4 is 0 Å². The highest BCUT2D eigenvalue weighted by Crippen LogP contribution is 2.30. The number of unbranched alkanes of at least 4 members (excludes halogenated alkanes) is 7. The third-order valence-corrected chi connectivity index (χ3v) is 4.78. The van der Waals surface area contributed by atoms with E-state index in [-0.39, 0.29) is 5.60 Å². The summed E-state index contributed by atoms with van der Waals surface area (Å²) >= 11 is 0. The quantitative estimate of drug-likeness (QED) is 0.509. The highest BCUT2D eigenvalue weighted by Gasteiger charge is 2.26. The molecule has 114 valence electrons. The summed E-state index contributed by atoms with van der Waals surface area (Å²) in [5.74, 6) is 0. The smallest absolute Gasteiger partial charge is 0.0647 e. The van der Waals surface area contributed by atoms with E-state index in [1.54, 1.807) is 0 Å². The predicted molar refractivity (Wildman–Crippen MR) is 84.5 cm³/mol.